The van der Waals surface area contributed by atoms with E-state index in [2.05, 4.69) is 5.32 Å². The van der Waals surface area contributed by atoms with Crippen molar-refractivity contribution in [2.45, 2.75) is 12.6 Å². The average Bonchev–Trinajstić information content (AvgIpc) is 2.46. The predicted octanol–water partition coefficient (Wildman–Crippen LogP) is 0.735. The van der Waals surface area contributed by atoms with Crippen LogP contribution >= 0.6 is 0 Å². The minimum absolute atomic E-state index is 0.212. The van der Waals surface area contributed by atoms with Gasteiger partial charge in [-0.1, -0.05) is 6.07 Å². The van der Waals surface area contributed by atoms with E-state index >= 15 is 0 Å². The molecule has 0 spiro atoms. The molecule has 1 heterocycles. The van der Waals surface area contributed by atoms with E-state index < -0.39 is 0 Å². The molecule has 3 nitrogen and oxygen atoms in total. The van der Waals surface area contributed by atoms with E-state index in [-0.39, 0.29) is 11.8 Å². The first-order chi connectivity index (χ1) is 5.81. The van der Waals surface area contributed by atoms with Crippen LogP contribution in [0.4, 0.5) is 0 Å². The lowest BCUT2D eigenvalue weighted by Crippen LogP contribution is -2.12. The molecule has 0 bridgehead atoms. The topological polar surface area (TPSA) is 49.3 Å². The summed E-state index contributed by atoms with van der Waals surface area (Å²) in [7, 11) is 0. The number of nitrogens with one attached hydrogen (secondary N) is 1. The van der Waals surface area contributed by atoms with Crippen LogP contribution in [0.15, 0.2) is 18.2 Å². The standard InChI is InChI=1S/C9H9NO2/c11-5-9-8-3-7(12)2-1-6(8)4-10-9/h1-3,5,9-10,12H,4H2. The number of hydrogen-bond donors (Lipinski definition) is 2. The first kappa shape index (κ1) is 7.31. The van der Waals surface area contributed by atoms with Gasteiger partial charge in [-0.25, -0.2) is 0 Å². The molecule has 1 atom stereocenters. The van der Waals surface area contributed by atoms with E-state index in [0.717, 1.165) is 17.4 Å². The first-order valence-corrected chi connectivity index (χ1v) is 3.82. The van der Waals surface area contributed by atoms with Crippen molar-refractivity contribution in [3.05, 3.63) is 29.3 Å². The monoisotopic (exact) mass is 163 g/mol. The molecule has 0 saturated carbocycles. The highest BCUT2D eigenvalue weighted by Gasteiger charge is 2.20. The third kappa shape index (κ3) is 0.987. The normalized spacial score (nSPS) is 20.5. The first-order valence-electron chi connectivity index (χ1n) is 3.82. The molecule has 1 unspecified atom stereocenters. The van der Waals surface area contributed by atoms with Crippen LogP contribution in [-0.2, 0) is 11.3 Å². The lowest BCUT2D eigenvalue weighted by molar-refractivity contribution is -0.109. The Morgan fingerprint density at radius 2 is 2.42 bits per heavy atom. The number of carbonyl (C=O) groups is 1. The maximum atomic E-state index is 10.5. The van der Waals surface area contributed by atoms with Gasteiger partial charge in [-0.3, -0.25) is 5.32 Å². The number of benzene rings is 1. The van der Waals surface area contributed by atoms with Gasteiger partial charge < -0.3 is 9.90 Å². The molecule has 2 N–H and O–H groups in total. The number of phenols is 1. The Bertz CT molecular complexity index is 322. The average molecular weight is 163 g/mol. The van der Waals surface area contributed by atoms with Crippen LogP contribution < -0.4 is 5.32 Å². The number of aldehydes is 1. The molecule has 1 aromatic carbocycles. The fourth-order valence-electron chi connectivity index (χ4n) is 1.48. The van der Waals surface area contributed by atoms with Crippen molar-refractivity contribution in [1.82, 2.24) is 5.32 Å². The molecule has 1 aromatic rings. The number of hydrogen-bond acceptors (Lipinski definition) is 3. The zero-order chi connectivity index (χ0) is 8.55. The second-order valence-electron chi connectivity index (χ2n) is 2.88. The third-order valence-electron chi connectivity index (χ3n) is 2.11. The molecule has 2 rings (SSSR count). The second-order valence-corrected chi connectivity index (χ2v) is 2.88. The Kier molecular flexibility index (Phi) is 1.59. The minimum Gasteiger partial charge on any atom is -0.508 e. The van der Waals surface area contributed by atoms with Gasteiger partial charge in [-0.05, 0) is 23.3 Å². The highest BCUT2D eigenvalue weighted by molar-refractivity contribution is 5.65. The van der Waals surface area contributed by atoms with Gasteiger partial charge in [-0.15, -0.1) is 0 Å². The van der Waals surface area contributed by atoms with E-state index in [1.165, 1.54) is 0 Å². The van der Waals surface area contributed by atoms with Crippen molar-refractivity contribution in [3.63, 3.8) is 0 Å². The van der Waals surface area contributed by atoms with Gasteiger partial charge in [0.15, 0.2) is 0 Å². The zero-order valence-electron chi connectivity index (χ0n) is 6.45. The number of phenolic OH excluding ortho intramolecular Hbond substituents is 1. The molecule has 12 heavy (non-hydrogen) atoms. The molecule has 3 heteroatoms. The summed E-state index contributed by atoms with van der Waals surface area (Å²) in [6, 6.07) is 4.86. The largest absolute Gasteiger partial charge is 0.508 e. The summed E-state index contributed by atoms with van der Waals surface area (Å²) in [5.41, 5.74) is 1.98. The van der Waals surface area contributed by atoms with Crippen LogP contribution in [0.1, 0.15) is 17.2 Å². The van der Waals surface area contributed by atoms with Crippen LogP contribution in [0, 0.1) is 0 Å². The van der Waals surface area contributed by atoms with Gasteiger partial charge in [0.25, 0.3) is 0 Å². The quantitative estimate of drug-likeness (QED) is 0.600. The second kappa shape index (κ2) is 2.60. The van der Waals surface area contributed by atoms with E-state index in [0.29, 0.717) is 6.54 Å². The van der Waals surface area contributed by atoms with E-state index in [4.69, 9.17) is 5.11 Å². The number of aromatic hydroxyl groups is 1. The molecule has 0 aliphatic carbocycles. The SMILES string of the molecule is O=CC1NCc2ccc(O)cc21. The molecule has 0 amide bonds. The summed E-state index contributed by atoms with van der Waals surface area (Å²) in [6.45, 7) is 0.707. The van der Waals surface area contributed by atoms with Crippen molar-refractivity contribution < 1.29 is 9.90 Å². The molecule has 1 aliphatic rings. The number of rotatable bonds is 1. The lowest BCUT2D eigenvalue weighted by atomic mass is 10.1. The van der Waals surface area contributed by atoms with Gasteiger partial charge >= 0.3 is 0 Å². The van der Waals surface area contributed by atoms with E-state index in [1.54, 1.807) is 12.1 Å². The Balaban J connectivity index is 2.49. The Hall–Kier alpha value is -1.35. The van der Waals surface area contributed by atoms with Crippen molar-refractivity contribution in [1.29, 1.82) is 0 Å². The summed E-state index contributed by atoms with van der Waals surface area (Å²) in [5, 5.41) is 12.2. The van der Waals surface area contributed by atoms with Crippen molar-refractivity contribution >= 4 is 6.29 Å². The molecule has 0 radical (unpaired) electrons. The Morgan fingerprint density at radius 1 is 1.58 bits per heavy atom. The van der Waals surface area contributed by atoms with Crippen LogP contribution in [0.25, 0.3) is 0 Å². The van der Waals surface area contributed by atoms with Gasteiger partial charge in [-0.2, -0.15) is 0 Å². The maximum absolute atomic E-state index is 10.5. The van der Waals surface area contributed by atoms with Crippen molar-refractivity contribution in [2.24, 2.45) is 0 Å². The predicted molar refractivity (Wildman–Crippen MR) is 43.8 cm³/mol. The lowest BCUT2D eigenvalue weighted by Gasteiger charge is -2.02. The van der Waals surface area contributed by atoms with Crippen LogP contribution in [0.5, 0.6) is 5.75 Å². The number of fused-ring (bicyclic) bond motifs is 1. The number of carbonyl (C=O) groups excluding carboxylic acids is 1. The fourth-order valence-corrected chi connectivity index (χ4v) is 1.48. The molecule has 62 valence electrons. The fraction of sp³-hybridized carbons (Fsp3) is 0.222. The minimum atomic E-state index is -0.243. The van der Waals surface area contributed by atoms with Crippen LogP contribution in [0.2, 0.25) is 0 Å². The van der Waals surface area contributed by atoms with Gasteiger partial charge in [0, 0.05) is 6.54 Å². The molecule has 0 saturated heterocycles. The Morgan fingerprint density at radius 3 is 3.17 bits per heavy atom. The Labute approximate surface area is 70.0 Å². The molecular formula is C9H9NO2. The summed E-state index contributed by atoms with van der Waals surface area (Å²) < 4.78 is 0. The van der Waals surface area contributed by atoms with Crippen LogP contribution in [-0.4, -0.2) is 11.4 Å². The highest BCUT2D eigenvalue weighted by Crippen LogP contribution is 2.26. The summed E-state index contributed by atoms with van der Waals surface area (Å²) in [6.07, 6.45) is 0.852. The molecule has 0 fully saturated rings. The van der Waals surface area contributed by atoms with Crippen molar-refractivity contribution in [2.75, 3.05) is 0 Å². The summed E-state index contributed by atoms with van der Waals surface area (Å²) in [4.78, 5) is 10.5. The highest BCUT2D eigenvalue weighted by atomic mass is 16.3. The third-order valence-corrected chi connectivity index (χ3v) is 2.11. The smallest absolute Gasteiger partial charge is 0.141 e. The van der Waals surface area contributed by atoms with Gasteiger partial charge in [0.2, 0.25) is 0 Å². The summed E-state index contributed by atoms with van der Waals surface area (Å²) in [5.74, 6) is 0.212. The molecular weight excluding hydrogens is 154 g/mol. The van der Waals surface area contributed by atoms with Crippen LogP contribution in [0.3, 0.4) is 0 Å². The maximum Gasteiger partial charge on any atom is 0.141 e. The molecule has 1 aliphatic heterocycles. The zero-order valence-corrected chi connectivity index (χ0v) is 6.45. The summed E-state index contributed by atoms with van der Waals surface area (Å²) >= 11 is 0. The van der Waals surface area contributed by atoms with Gasteiger partial charge in [0.05, 0.1) is 6.04 Å². The van der Waals surface area contributed by atoms with E-state index in [1.807, 2.05) is 6.07 Å². The van der Waals surface area contributed by atoms with E-state index in [9.17, 15) is 4.79 Å². The van der Waals surface area contributed by atoms with Gasteiger partial charge in [0.1, 0.15) is 12.0 Å². The molecule has 0 aromatic heterocycles. The van der Waals surface area contributed by atoms with Crippen molar-refractivity contribution in [3.8, 4) is 5.75 Å².